The van der Waals surface area contributed by atoms with E-state index in [4.69, 9.17) is 4.74 Å². The van der Waals surface area contributed by atoms with Crippen molar-refractivity contribution >= 4 is 29.1 Å². The SMILES string of the molecule is COc1ccc(CC(=O)N2CCCN(c3ccc(C(=O)N4CCCNCC4)cc3NC(=O)c3ccc(F)c(F)c3)CC2)cc1. The standard InChI is InChI=1S/C33H37F2N5O4/c1-44-26-8-4-23(5-9-26)20-31(41)39-16-3-15-38(18-19-39)30-11-7-25(33(43)40-14-2-12-36-13-17-40)22-29(30)37-32(42)24-6-10-27(34)28(35)21-24/h4-11,21-22,36H,2-3,12-20H2,1H3,(H,37,42). The van der Waals surface area contributed by atoms with Gasteiger partial charge in [-0.3, -0.25) is 14.4 Å². The zero-order valence-electron chi connectivity index (χ0n) is 24.8. The van der Waals surface area contributed by atoms with Crippen molar-refractivity contribution in [3.8, 4) is 5.75 Å². The van der Waals surface area contributed by atoms with Crippen LogP contribution < -0.4 is 20.3 Å². The first kappa shape index (κ1) is 30.9. The molecule has 3 amide bonds. The van der Waals surface area contributed by atoms with Crippen molar-refractivity contribution in [3.05, 3.63) is 89.0 Å². The third-order valence-electron chi connectivity index (χ3n) is 8.00. The van der Waals surface area contributed by atoms with Gasteiger partial charge < -0.3 is 30.1 Å². The fraction of sp³-hybridized carbons (Fsp3) is 0.364. The van der Waals surface area contributed by atoms with Crippen LogP contribution in [0.2, 0.25) is 0 Å². The fourth-order valence-electron chi connectivity index (χ4n) is 5.55. The predicted molar refractivity (Wildman–Crippen MR) is 164 cm³/mol. The first-order valence-corrected chi connectivity index (χ1v) is 14.9. The maximum Gasteiger partial charge on any atom is 0.255 e. The van der Waals surface area contributed by atoms with Crippen molar-refractivity contribution in [1.29, 1.82) is 0 Å². The number of methoxy groups -OCH3 is 1. The number of hydrogen-bond acceptors (Lipinski definition) is 6. The van der Waals surface area contributed by atoms with Crippen LogP contribution in [0.4, 0.5) is 20.2 Å². The van der Waals surface area contributed by atoms with Crippen LogP contribution in [0.15, 0.2) is 60.7 Å². The molecule has 3 aromatic carbocycles. The zero-order valence-corrected chi connectivity index (χ0v) is 24.8. The van der Waals surface area contributed by atoms with Crippen LogP contribution in [0.3, 0.4) is 0 Å². The molecule has 2 saturated heterocycles. The maximum atomic E-state index is 13.9. The average Bonchev–Trinajstić information content (AvgIpc) is 3.46. The summed E-state index contributed by atoms with van der Waals surface area (Å²) in [7, 11) is 1.60. The summed E-state index contributed by atoms with van der Waals surface area (Å²) in [5, 5.41) is 6.12. The fourth-order valence-corrected chi connectivity index (χ4v) is 5.55. The highest BCUT2D eigenvalue weighted by atomic mass is 19.2. The number of carbonyl (C=O) groups is 3. The topological polar surface area (TPSA) is 94.2 Å². The van der Waals surface area contributed by atoms with E-state index in [-0.39, 0.29) is 23.8 Å². The maximum absolute atomic E-state index is 13.9. The Labute approximate surface area is 255 Å². The molecule has 0 aliphatic carbocycles. The Morgan fingerprint density at radius 2 is 1.57 bits per heavy atom. The van der Waals surface area contributed by atoms with E-state index in [1.54, 1.807) is 30.2 Å². The molecule has 0 atom stereocenters. The van der Waals surface area contributed by atoms with Crippen molar-refractivity contribution < 1.29 is 27.9 Å². The molecule has 0 saturated carbocycles. The first-order valence-electron chi connectivity index (χ1n) is 14.9. The lowest BCUT2D eigenvalue weighted by atomic mass is 10.1. The Bertz CT molecular complexity index is 1490. The van der Waals surface area contributed by atoms with E-state index < -0.39 is 17.5 Å². The van der Waals surface area contributed by atoms with Gasteiger partial charge >= 0.3 is 0 Å². The molecule has 0 spiro atoms. The minimum Gasteiger partial charge on any atom is -0.497 e. The minimum absolute atomic E-state index is 0.0248. The van der Waals surface area contributed by atoms with Gasteiger partial charge in [-0.05, 0) is 73.5 Å². The van der Waals surface area contributed by atoms with Gasteiger partial charge in [0.1, 0.15) is 5.75 Å². The molecule has 11 heteroatoms. The van der Waals surface area contributed by atoms with Crippen LogP contribution in [-0.4, -0.2) is 87.0 Å². The molecule has 0 radical (unpaired) electrons. The summed E-state index contributed by atoms with van der Waals surface area (Å²) < 4.78 is 32.7. The molecule has 2 fully saturated rings. The van der Waals surface area contributed by atoms with Crippen LogP contribution in [0, 0.1) is 11.6 Å². The van der Waals surface area contributed by atoms with Gasteiger partial charge in [0.25, 0.3) is 11.8 Å². The Kier molecular flexibility index (Phi) is 10.1. The molecule has 9 nitrogen and oxygen atoms in total. The second-order valence-electron chi connectivity index (χ2n) is 11.0. The van der Waals surface area contributed by atoms with E-state index in [0.717, 1.165) is 36.4 Å². The molecule has 232 valence electrons. The van der Waals surface area contributed by atoms with E-state index in [2.05, 4.69) is 15.5 Å². The molecule has 2 N–H and O–H groups in total. The summed E-state index contributed by atoms with van der Waals surface area (Å²) in [5.41, 5.74) is 2.34. The summed E-state index contributed by atoms with van der Waals surface area (Å²) in [5.74, 6) is -2.18. The minimum atomic E-state index is -1.12. The number of nitrogens with one attached hydrogen (secondary N) is 2. The number of rotatable bonds is 7. The van der Waals surface area contributed by atoms with Crippen molar-refractivity contribution in [2.75, 3.05) is 69.7 Å². The molecule has 3 aromatic rings. The van der Waals surface area contributed by atoms with Gasteiger partial charge in [-0.1, -0.05) is 12.1 Å². The molecular formula is C33H37F2N5O4. The first-order chi connectivity index (χ1) is 21.3. The van der Waals surface area contributed by atoms with Gasteiger partial charge in [0, 0.05) is 56.9 Å². The highest BCUT2D eigenvalue weighted by Gasteiger charge is 2.24. The van der Waals surface area contributed by atoms with Gasteiger partial charge in [-0.2, -0.15) is 0 Å². The van der Waals surface area contributed by atoms with Crippen LogP contribution in [0.25, 0.3) is 0 Å². The molecule has 0 aromatic heterocycles. The largest absolute Gasteiger partial charge is 0.497 e. The van der Waals surface area contributed by atoms with E-state index in [9.17, 15) is 23.2 Å². The van der Waals surface area contributed by atoms with Crippen molar-refractivity contribution in [1.82, 2.24) is 15.1 Å². The van der Waals surface area contributed by atoms with Crippen LogP contribution in [0.5, 0.6) is 5.75 Å². The van der Waals surface area contributed by atoms with Crippen molar-refractivity contribution in [3.63, 3.8) is 0 Å². The monoisotopic (exact) mass is 605 g/mol. The number of hydrogen-bond donors (Lipinski definition) is 2. The lowest BCUT2D eigenvalue weighted by Crippen LogP contribution is -2.36. The Morgan fingerprint density at radius 3 is 2.34 bits per heavy atom. The lowest BCUT2D eigenvalue weighted by Gasteiger charge is -2.27. The number of halogens is 2. The van der Waals surface area contributed by atoms with Gasteiger partial charge in [0.15, 0.2) is 11.6 Å². The second kappa shape index (κ2) is 14.3. The summed E-state index contributed by atoms with van der Waals surface area (Å²) in [4.78, 5) is 45.5. The highest BCUT2D eigenvalue weighted by Crippen LogP contribution is 2.30. The predicted octanol–water partition coefficient (Wildman–Crippen LogP) is 3.94. The molecule has 0 unspecified atom stereocenters. The quantitative estimate of drug-likeness (QED) is 0.424. The Balaban J connectivity index is 1.35. The number of ether oxygens (including phenoxy) is 1. The summed E-state index contributed by atoms with van der Waals surface area (Å²) in [6.07, 6.45) is 1.82. The van der Waals surface area contributed by atoms with Crippen LogP contribution in [0.1, 0.15) is 39.1 Å². The van der Waals surface area contributed by atoms with Crippen LogP contribution in [-0.2, 0) is 11.2 Å². The molecule has 0 bridgehead atoms. The molecule has 44 heavy (non-hydrogen) atoms. The third kappa shape index (κ3) is 7.52. The number of nitrogens with zero attached hydrogens (tertiary/aromatic N) is 3. The van der Waals surface area contributed by atoms with Gasteiger partial charge in [-0.25, -0.2) is 8.78 Å². The van der Waals surface area contributed by atoms with Crippen molar-refractivity contribution in [2.24, 2.45) is 0 Å². The second-order valence-corrected chi connectivity index (χ2v) is 11.0. The van der Waals surface area contributed by atoms with E-state index in [1.165, 1.54) is 6.07 Å². The van der Waals surface area contributed by atoms with Gasteiger partial charge in [0.05, 0.1) is 24.9 Å². The Hall–Kier alpha value is -4.51. The van der Waals surface area contributed by atoms with Crippen LogP contribution >= 0.6 is 0 Å². The number of amides is 3. The molecule has 2 aliphatic heterocycles. The Morgan fingerprint density at radius 1 is 0.795 bits per heavy atom. The van der Waals surface area contributed by atoms with E-state index in [1.807, 2.05) is 29.2 Å². The molecule has 2 heterocycles. The van der Waals surface area contributed by atoms with Gasteiger partial charge in [0.2, 0.25) is 5.91 Å². The highest BCUT2D eigenvalue weighted by molar-refractivity contribution is 6.07. The van der Waals surface area contributed by atoms with Crippen molar-refractivity contribution in [2.45, 2.75) is 19.3 Å². The summed E-state index contributed by atoms with van der Waals surface area (Å²) in [6, 6.07) is 15.6. The normalized spacial score (nSPS) is 15.8. The summed E-state index contributed by atoms with van der Waals surface area (Å²) in [6.45, 7) is 4.92. The lowest BCUT2D eigenvalue weighted by molar-refractivity contribution is -0.130. The zero-order chi connectivity index (χ0) is 31.1. The number of carbonyl (C=O) groups excluding carboxylic acids is 3. The van der Waals surface area contributed by atoms with E-state index >= 15 is 0 Å². The third-order valence-corrected chi connectivity index (χ3v) is 8.00. The molecule has 5 rings (SSSR count). The molecule has 2 aliphatic rings. The average molecular weight is 606 g/mol. The number of anilines is 2. The summed E-state index contributed by atoms with van der Waals surface area (Å²) >= 11 is 0. The van der Waals surface area contributed by atoms with Gasteiger partial charge in [-0.15, -0.1) is 0 Å². The number of benzene rings is 3. The smallest absolute Gasteiger partial charge is 0.255 e. The molecular weight excluding hydrogens is 568 g/mol. The van der Waals surface area contributed by atoms with E-state index in [0.29, 0.717) is 69.2 Å².